The van der Waals surface area contributed by atoms with Crippen molar-refractivity contribution < 1.29 is 31.7 Å². The molecule has 1 aromatic heterocycles. The minimum absolute atomic E-state index is 0.0981. The Kier molecular flexibility index (Phi) is 5.20. The first-order valence-electron chi connectivity index (χ1n) is 6.14. The molecule has 0 aliphatic heterocycles. The summed E-state index contributed by atoms with van der Waals surface area (Å²) in [5, 5.41) is 10.7. The summed E-state index contributed by atoms with van der Waals surface area (Å²) in [7, 11) is 0. The van der Waals surface area contributed by atoms with Crippen LogP contribution < -0.4 is 0 Å². The number of hydrogen-bond donors (Lipinski definition) is 0. The van der Waals surface area contributed by atoms with Gasteiger partial charge >= 0.3 is 17.9 Å². The van der Waals surface area contributed by atoms with Gasteiger partial charge in [0.25, 0.3) is 0 Å². The predicted octanol–water partition coefficient (Wildman–Crippen LogP) is 2.90. The maximum absolute atomic E-state index is 12.7. The second-order valence-electron chi connectivity index (χ2n) is 4.49. The number of hydrogen-bond acceptors (Lipinski definition) is 4. The number of rotatable bonds is 7. The first kappa shape index (κ1) is 18.0. The van der Waals surface area contributed by atoms with E-state index in [-0.39, 0.29) is 12.1 Å². The van der Waals surface area contributed by atoms with Crippen LogP contribution in [0.2, 0.25) is 0 Å². The van der Waals surface area contributed by atoms with Gasteiger partial charge in [-0.2, -0.15) is 22.0 Å². The molecule has 0 bridgehead atoms. The zero-order chi connectivity index (χ0) is 17.1. The van der Waals surface area contributed by atoms with Gasteiger partial charge in [0.1, 0.15) is 5.69 Å². The number of Topliss-reactive ketones (excluding diaryl/α,β-unsaturated/α-hetero) is 1. The van der Waals surface area contributed by atoms with Crippen molar-refractivity contribution in [2.45, 2.75) is 44.8 Å². The zero-order valence-corrected chi connectivity index (χ0v) is 11.4. The molecule has 124 valence electrons. The van der Waals surface area contributed by atoms with Gasteiger partial charge in [-0.05, 0) is 16.3 Å². The third-order valence-electron chi connectivity index (χ3n) is 2.91. The van der Waals surface area contributed by atoms with E-state index in [0.29, 0.717) is 0 Å². The molecule has 0 aliphatic rings. The van der Waals surface area contributed by atoms with Gasteiger partial charge in [-0.15, -0.1) is 0 Å². The van der Waals surface area contributed by atoms with Crippen molar-refractivity contribution in [1.29, 1.82) is 0 Å². The Morgan fingerprint density at radius 2 is 1.95 bits per heavy atom. The Morgan fingerprint density at radius 3 is 2.41 bits per heavy atom. The van der Waals surface area contributed by atoms with E-state index >= 15 is 0 Å². The fourth-order valence-corrected chi connectivity index (χ4v) is 1.75. The fraction of sp³-hybridized carbons (Fsp3) is 0.636. The van der Waals surface area contributed by atoms with Crippen molar-refractivity contribution in [3.63, 3.8) is 0 Å². The molecule has 0 amide bonds. The molecule has 0 spiro atoms. The summed E-state index contributed by atoms with van der Waals surface area (Å²) in [6, 6.07) is 0. The quantitative estimate of drug-likeness (QED) is 0.438. The summed E-state index contributed by atoms with van der Waals surface area (Å²) in [6.45, 7) is 1.01. The predicted molar refractivity (Wildman–Crippen MR) is 63.5 cm³/mol. The number of alkyl halides is 5. The number of nitrogens with zero attached hydrogens (tertiary/aromatic N) is 3. The van der Waals surface area contributed by atoms with Crippen molar-refractivity contribution >= 4 is 11.6 Å². The zero-order valence-electron chi connectivity index (χ0n) is 11.4. The van der Waals surface area contributed by atoms with Crippen LogP contribution in [0.1, 0.15) is 25.5 Å². The summed E-state index contributed by atoms with van der Waals surface area (Å²) in [4.78, 5) is 24.9. The molecule has 11 heteroatoms. The van der Waals surface area contributed by atoms with Crippen molar-refractivity contribution in [1.82, 2.24) is 9.55 Å². The highest BCUT2D eigenvalue weighted by Crippen LogP contribution is 2.38. The van der Waals surface area contributed by atoms with Gasteiger partial charge in [0.15, 0.2) is 5.78 Å². The van der Waals surface area contributed by atoms with E-state index in [9.17, 15) is 36.9 Å². The van der Waals surface area contributed by atoms with Crippen molar-refractivity contribution in [2.24, 2.45) is 0 Å². The van der Waals surface area contributed by atoms with Crippen molar-refractivity contribution in [2.75, 3.05) is 0 Å². The average Bonchev–Trinajstić information content (AvgIpc) is 2.78. The molecule has 22 heavy (non-hydrogen) atoms. The van der Waals surface area contributed by atoms with Gasteiger partial charge in [-0.1, -0.05) is 6.92 Å². The molecular formula is C11H12F5N3O3. The highest BCUT2D eigenvalue weighted by molar-refractivity contribution is 5.78. The van der Waals surface area contributed by atoms with Crippen LogP contribution in [0.5, 0.6) is 0 Å². The number of aromatic nitrogens is 2. The van der Waals surface area contributed by atoms with E-state index in [1.807, 2.05) is 0 Å². The van der Waals surface area contributed by atoms with Gasteiger partial charge in [0.2, 0.25) is 6.33 Å². The van der Waals surface area contributed by atoms with Crippen LogP contribution in [0.15, 0.2) is 6.33 Å². The molecule has 0 saturated heterocycles. The van der Waals surface area contributed by atoms with Crippen LogP contribution in [-0.4, -0.2) is 32.4 Å². The average molecular weight is 329 g/mol. The molecule has 0 saturated carbocycles. The molecule has 1 aromatic rings. The number of carbonyl (C=O) groups excluding carboxylic acids is 1. The molecule has 0 N–H and O–H groups in total. The molecule has 0 fully saturated rings. The minimum atomic E-state index is -5.71. The van der Waals surface area contributed by atoms with Crippen LogP contribution in [0, 0.1) is 10.1 Å². The monoisotopic (exact) mass is 329 g/mol. The summed E-state index contributed by atoms with van der Waals surface area (Å²) in [5.74, 6) is -6.32. The summed E-state index contributed by atoms with van der Waals surface area (Å²) in [5.41, 5.74) is 0.0981. The van der Waals surface area contributed by atoms with Crippen molar-refractivity contribution in [3.8, 4) is 0 Å². The van der Waals surface area contributed by atoms with Gasteiger partial charge in [0, 0.05) is 12.8 Å². The Morgan fingerprint density at radius 1 is 1.36 bits per heavy atom. The number of nitro groups is 1. The normalized spacial score (nSPS) is 12.5. The lowest BCUT2D eigenvalue weighted by molar-refractivity contribution is -0.390. The molecule has 1 heterocycles. The highest BCUT2D eigenvalue weighted by Gasteiger charge is 2.56. The highest BCUT2D eigenvalue weighted by atomic mass is 19.4. The fourth-order valence-electron chi connectivity index (χ4n) is 1.75. The number of halogens is 5. The molecule has 0 aromatic carbocycles. The van der Waals surface area contributed by atoms with E-state index in [0.717, 1.165) is 10.9 Å². The van der Waals surface area contributed by atoms with Crippen LogP contribution in [0.3, 0.4) is 0 Å². The Hall–Kier alpha value is -2.07. The second-order valence-corrected chi connectivity index (χ2v) is 4.49. The number of imidazole rings is 1. The largest absolute Gasteiger partial charge is 0.453 e. The first-order chi connectivity index (χ1) is 9.99. The molecule has 1 rings (SSSR count). The third kappa shape index (κ3) is 3.98. The Bertz CT molecular complexity index is 568. The standard InChI is InChI=1S/C11H12F5N3O3/c1-2-8-9(19(21)22)17-6-18(8)5-7(20)3-4-10(12,13)11(14,15)16/h6H,2-5H2,1H3. The molecule has 6 nitrogen and oxygen atoms in total. The maximum atomic E-state index is 12.7. The van der Waals surface area contributed by atoms with Crippen LogP contribution >= 0.6 is 0 Å². The third-order valence-corrected chi connectivity index (χ3v) is 2.91. The van der Waals surface area contributed by atoms with Gasteiger partial charge in [-0.3, -0.25) is 4.79 Å². The van der Waals surface area contributed by atoms with Crippen molar-refractivity contribution in [3.05, 3.63) is 22.1 Å². The minimum Gasteiger partial charge on any atom is -0.358 e. The lowest BCUT2D eigenvalue weighted by Gasteiger charge is -2.18. The topological polar surface area (TPSA) is 78.0 Å². The van der Waals surface area contributed by atoms with Gasteiger partial charge in [-0.25, -0.2) is 0 Å². The number of ketones is 1. The lowest BCUT2D eigenvalue weighted by Crippen LogP contribution is -2.36. The molecule has 0 atom stereocenters. The summed E-state index contributed by atoms with van der Waals surface area (Å²) >= 11 is 0. The Labute approximate surface area is 121 Å². The van der Waals surface area contributed by atoms with E-state index in [1.165, 1.54) is 0 Å². The van der Waals surface area contributed by atoms with Gasteiger partial charge in [0.05, 0.1) is 6.54 Å². The SMILES string of the molecule is CCc1c([N+](=O)[O-])ncn1CC(=O)CCC(F)(F)C(F)(F)F. The Balaban J connectivity index is 2.73. The lowest BCUT2D eigenvalue weighted by atomic mass is 10.1. The maximum Gasteiger partial charge on any atom is 0.453 e. The summed E-state index contributed by atoms with van der Waals surface area (Å²) in [6.07, 6.45) is -7.23. The second kappa shape index (κ2) is 6.36. The first-order valence-corrected chi connectivity index (χ1v) is 6.14. The number of carbonyl (C=O) groups is 1. The van der Waals surface area contributed by atoms with Crippen LogP contribution in [0.25, 0.3) is 0 Å². The molecule has 0 aliphatic carbocycles. The molecular weight excluding hydrogens is 317 g/mol. The molecule has 0 unspecified atom stereocenters. The van der Waals surface area contributed by atoms with E-state index in [2.05, 4.69) is 4.98 Å². The van der Waals surface area contributed by atoms with E-state index in [1.54, 1.807) is 6.92 Å². The van der Waals surface area contributed by atoms with Gasteiger partial charge < -0.3 is 14.7 Å². The smallest absolute Gasteiger partial charge is 0.358 e. The molecule has 0 radical (unpaired) electrons. The van der Waals surface area contributed by atoms with E-state index < -0.39 is 48.0 Å². The van der Waals surface area contributed by atoms with Crippen LogP contribution in [-0.2, 0) is 17.8 Å². The van der Waals surface area contributed by atoms with E-state index in [4.69, 9.17) is 0 Å². The summed E-state index contributed by atoms with van der Waals surface area (Å²) < 4.78 is 62.4. The van der Waals surface area contributed by atoms with Crippen LogP contribution in [0.4, 0.5) is 27.8 Å².